The van der Waals surface area contributed by atoms with Crippen LogP contribution in [0.2, 0.25) is 0 Å². The van der Waals surface area contributed by atoms with Crippen LogP contribution in [-0.4, -0.2) is 70.1 Å². The molecule has 1 N–H and O–H groups in total. The molecule has 0 atom stereocenters. The second-order valence-electron chi connectivity index (χ2n) is 6.91. The summed E-state index contributed by atoms with van der Waals surface area (Å²) in [5.74, 6) is -0.501. The number of amides is 1. The number of hydrogen-bond donors (Lipinski definition) is 1. The molecular weight excluding hydrogens is 424 g/mol. The maximum Gasteiger partial charge on any atom is 0.271 e. The number of non-ortho nitro benzene ring substituents is 1. The van der Waals surface area contributed by atoms with Crippen LogP contribution in [0.3, 0.4) is 0 Å². The Balaban J connectivity index is 1.78. The smallest absolute Gasteiger partial charge is 0.271 e. The van der Waals surface area contributed by atoms with E-state index in [4.69, 9.17) is 4.74 Å². The van der Waals surface area contributed by atoms with Crippen LogP contribution in [0.25, 0.3) is 0 Å². The van der Waals surface area contributed by atoms with Gasteiger partial charge in [-0.3, -0.25) is 24.1 Å². The van der Waals surface area contributed by atoms with E-state index in [2.05, 4.69) is 10.2 Å². The summed E-state index contributed by atoms with van der Waals surface area (Å²) in [6.45, 7) is 3.32. The largest absolute Gasteiger partial charge is 0.379 e. The van der Waals surface area contributed by atoms with Crippen LogP contribution < -0.4 is 9.62 Å². The summed E-state index contributed by atoms with van der Waals surface area (Å²) >= 11 is 0. The lowest BCUT2D eigenvalue weighted by Crippen LogP contribution is -2.44. The Bertz CT molecular complexity index is 1010. The van der Waals surface area contributed by atoms with E-state index in [1.165, 1.54) is 30.3 Å². The van der Waals surface area contributed by atoms with Gasteiger partial charge in [-0.05, 0) is 18.2 Å². The van der Waals surface area contributed by atoms with Gasteiger partial charge in [0.1, 0.15) is 6.54 Å². The second-order valence-corrected chi connectivity index (χ2v) is 8.77. The highest BCUT2D eigenvalue weighted by atomic mass is 32.2. The highest BCUT2D eigenvalue weighted by molar-refractivity contribution is 7.92. The Labute approximate surface area is 180 Å². The van der Waals surface area contributed by atoms with Crippen molar-refractivity contribution in [2.24, 2.45) is 0 Å². The first-order valence-electron chi connectivity index (χ1n) is 9.77. The van der Waals surface area contributed by atoms with Gasteiger partial charge in [0.2, 0.25) is 5.91 Å². The van der Waals surface area contributed by atoms with Crippen molar-refractivity contribution < 1.29 is 22.9 Å². The van der Waals surface area contributed by atoms with Crippen molar-refractivity contribution in [3.05, 3.63) is 64.7 Å². The number of carbonyl (C=O) groups excluding carboxylic acids is 1. The van der Waals surface area contributed by atoms with Crippen molar-refractivity contribution in [2.75, 3.05) is 50.2 Å². The van der Waals surface area contributed by atoms with Crippen LogP contribution in [-0.2, 0) is 19.6 Å². The van der Waals surface area contributed by atoms with E-state index < -0.39 is 27.4 Å². The summed E-state index contributed by atoms with van der Waals surface area (Å²) in [7, 11) is -4.11. The van der Waals surface area contributed by atoms with Crippen LogP contribution >= 0.6 is 0 Å². The van der Waals surface area contributed by atoms with Gasteiger partial charge < -0.3 is 10.1 Å². The number of sulfonamides is 1. The average molecular weight is 449 g/mol. The van der Waals surface area contributed by atoms with E-state index >= 15 is 0 Å². The van der Waals surface area contributed by atoms with Gasteiger partial charge >= 0.3 is 0 Å². The zero-order chi connectivity index (χ0) is 22.3. The summed E-state index contributed by atoms with van der Waals surface area (Å²) in [5, 5.41) is 13.9. The molecule has 10 nitrogen and oxygen atoms in total. The van der Waals surface area contributed by atoms with Gasteiger partial charge in [0.15, 0.2) is 0 Å². The zero-order valence-electron chi connectivity index (χ0n) is 16.8. The molecule has 2 aromatic carbocycles. The minimum Gasteiger partial charge on any atom is -0.379 e. The monoisotopic (exact) mass is 448 g/mol. The molecule has 1 amide bonds. The molecular formula is C20H24N4O6S. The fraction of sp³-hybridized carbons (Fsp3) is 0.350. The van der Waals surface area contributed by atoms with E-state index in [0.717, 1.165) is 23.5 Å². The number of rotatable bonds is 9. The van der Waals surface area contributed by atoms with Gasteiger partial charge in [0.05, 0.1) is 28.7 Å². The SMILES string of the molecule is O=C(CN(c1cccc([N+](=O)[O-])c1)S(=O)(=O)c1ccccc1)NCCN1CCOCC1. The quantitative estimate of drug-likeness (QED) is 0.452. The Morgan fingerprint density at radius 2 is 1.84 bits per heavy atom. The normalized spacial score (nSPS) is 14.7. The van der Waals surface area contributed by atoms with Gasteiger partial charge in [-0.2, -0.15) is 0 Å². The number of nitro benzene ring substituents is 1. The van der Waals surface area contributed by atoms with E-state index in [-0.39, 0.29) is 16.3 Å². The molecule has 1 fully saturated rings. The lowest BCUT2D eigenvalue weighted by molar-refractivity contribution is -0.384. The van der Waals surface area contributed by atoms with E-state index in [1.54, 1.807) is 18.2 Å². The fourth-order valence-electron chi connectivity index (χ4n) is 3.16. The van der Waals surface area contributed by atoms with Crippen molar-refractivity contribution in [1.29, 1.82) is 0 Å². The first-order chi connectivity index (χ1) is 14.9. The number of nitrogens with zero attached hydrogens (tertiary/aromatic N) is 3. The molecule has 1 heterocycles. The fourth-order valence-corrected chi connectivity index (χ4v) is 4.59. The topological polar surface area (TPSA) is 122 Å². The van der Waals surface area contributed by atoms with Crippen molar-refractivity contribution in [1.82, 2.24) is 10.2 Å². The highest BCUT2D eigenvalue weighted by Crippen LogP contribution is 2.26. The van der Waals surface area contributed by atoms with Gasteiger partial charge in [-0.25, -0.2) is 8.42 Å². The molecule has 0 unspecified atom stereocenters. The van der Waals surface area contributed by atoms with E-state index in [0.29, 0.717) is 26.3 Å². The van der Waals surface area contributed by atoms with Crippen molar-refractivity contribution in [3.63, 3.8) is 0 Å². The Morgan fingerprint density at radius 1 is 1.13 bits per heavy atom. The third kappa shape index (κ3) is 6.00. The van der Waals surface area contributed by atoms with Crippen LogP contribution in [0.15, 0.2) is 59.5 Å². The van der Waals surface area contributed by atoms with Crippen molar-refractivity contribution >= 4 is 27.3 Å². The predicted octanol–water partition coefficient (Wildman–Crippen LogP) is 1.24. The molecule has 166 valence electrons. The molecule has 0 bridgehead atoms. The summed E-state index contributed by atoms with van der Waals surface area (Å²) in [6.07, 6.45) is 0. The molecule has 31 heavy (non-hydrogen) atoms. The van der Waals surface area contributed by atoms with Crippen LogP contribution in [0.5, 0.6) is 0 Å². The molecule has 3 rings (SSSR count). The van der Waals surface area contributed by atoms with Crippen molar-refractivity contribution in [3.8, 4) is 0 Å². The number of ether oxygens (including phenoxy) is 1. The highest BCUT2D eigenvalue weighted by Gasteiger charge is 2.28. The summed E-state index contributed by atoms with van der Waals surface area (Å²) < 4.78 is 32.6. The summed E-state index contributed by atoms with van der Waals surface area (Å²) in [6, 6.07) is 12.9. The minimum atomic E-state index is -4.11. The number of nitrogens with one attached hydrogen (secondary N) is 1. The third-order valence-corrected chi connectivity index (χ3v) is 6.59. The van der Waals surface area contributed by atoms with Gasteiger partial charge in [-0.15, -0.1) is 0 Å². The molecule has 0 aromatic heterocycles. The molecule has 1 aliphatic rings. The molecule has 2 aromatic rings. The molecule has 1 aliphatic heterocycles. The molecule has 11 heteroatoms. The zero-order valence-corrected chi connectivity index (χ0v) is 17.7. The summed E-state index contributed by atoms with van der Waals surface area (Å²) in [5.41, 5.74) is -0.222. The molecule has 0 radical (unpaired) electrons. The number of nitro groups is 1. The van der Waals surface area contributed by atoms with Crippen molar-refractivity contribution in [2.45, 2.75) is 4.90 Å². The maximum absolute atomic E-state index is 13.2. The second kappa shape index (κ2) is 10.3. The Morgan fingerprint density at radius 3 is 2.52 bits per heavy atom. The lowest BCUT2D eigenvalue weighted by atomic mass is 10.3. The summed E-state index contributed by atoms with van der Waals surface area (Å²) in [4.78, 5) is 25.2. The molecule has 0 spiro atoms. The molecule has 1 saturated heterocycles. The average Bonchev–Trinajstić information content (AvgIpc) is 2.79. The Kier molecular flexibility index (Phi) is 7.55. The molecule has 0 saturated carbocycles. The van der Waals surface area contributed by atoms with Gasteiger partial charge in [0, 0.05) is 38.3 Å². The number of anilines is 1. The lowest BCUT2D eigenvalue weighted by Gasteiger charge is -2.27. The first-order valence-corrected chi connectivity index (χ1v) is 11.2. The standard InChI is InChI=1S/C20H24N4O6S/c25-20(21-9-10-22-11-13-30-14-12-22)16-23(17-5-4-6-18(15-17)24(26)27)31(28,29)19-7-2-1-3-8-19/h1-8,15H,9-14,16H2,(H,21,25). The van der Waals surface area contributed by atoms with Gasteiger partial charge in [-0.1, -0.05) is 24.3 Å². The number of carbonyl (C=O) groups is 1. The van der Waals surface area contributed by atoms with Crippen LogP contribution in [0.1, 0.15) is 0 Å². The van der Waals surface area contributed by atoms with E-state index in [9.17, 15) is 23.3 Å². The van der Waals surface area contributed by atoms with Gasteiger partial charge in [0.25, 0.3) is 15.7 Å². The predicted molar refractivity (Wildman–Crippen MR) is 114 cm³/mol. The number of morpholine rings is 1. The first kappa shape index (κ1) is 22.7. The minimum absolute atomic E-state index is 0.0115. The van der Waals surface area contributed by atoms with E-state index in [1.807, 2.05) is 0 Å². The maximum atomic E-state index is 13.2. The number of hydrogen-bond acceptors (Lipinski definition) is 7. The number of benzene rings is 2. The Hall–Kier alpha value is -3.02. The molecule has 0 aliphatic carbocycles. The van der Waals surface area contributed by atoms with Crippen LogP contribution in [0, 0.1) is 10.1 Å². The third-order valence-electron chi connectivity index (χ3n) is 4.80. The van der Waals surface area contributed by atoms with Crippen LogP contribution in [0.4, 0.5) is 11.4 Å².